The molecule has 2 rings (SSSR count). The van der Waals surface area contributed by atoms with Gasteiger partial charge in [0.15, 0.2) is 0 Å². The van der Waals surface area contributed by atoms with Crippen LogP contribution in [0.15, 0.2) is 18.3 Å². The monoisotopic (exact) mass is 191 g/mol. The van der Waals surface area contributed by atoms with Crippen molar-refractivity contribution in [2.24, 2.45) is 0 Å². The van der Waals surface area contributed by atoms with E-state index in [1.807, 2.05) is 12.1 Å². The standard InChI is InChI=1S/C11H13NO2/c1-14-11-10(3-2-6-12-11)8-4-5-9(13)7-8/h2-3,6,8H,4-5,7H2,1H3. The summed E-state index contributed by atoms with van der Waals surface area (Å²) >= 11 is 0. The van der Waals surface area contributed by atoms with Crippen molar-refractivity contribution in [3.63, 3.8) is 0 Å². The molecule has 1 aliphatic carbocycles. The van der Waals surface area contributed by atoms with Crippen molar-refractivity contribution in [1.82, 2.24) is 4.98 Å². The van der Waals surface area contributed by atoms with Gasteiger partial charge in [0.05, 0.1) is 7.11 Å². The summed E-state index contributed by atoms with van der Waals surface area (Å²) in [6, 6.07) is 3.88. The molecule has 1 atom stereocenters. The summed E-state index contributed by atoms with van der Waals surface area (Å²) in [6.45, 7) is 0. The summed E-state index contributed by atoms with van der Waals surface area (Å²) in [5.41, 5.74) is 1.07. The van der Waals surface area contributed by atoms with Gasteiger partial charge in [0.25, 0.3) is 0 Å². The Hall–Kier alpha value is -1.38. The van der Waals surface area contributed by atoms with Gasteiger partial charge >= 0.3 is 0 Å². The van der Waals surface area contributed by atoms with Crippen molar-refractivity contribution in [2.45, 2.75) is 25.2 Å². The number of ketones is 1. The van der Waals surface area contributed by atoms with Crippen LogP contribution in [0, 0.1) is 0 Å². The van der Waals surface area contributed by atoms with Gasteiger partial charge in [0, 0.05) is 24.6 Å². The highest BCUT2D eigenvalue weighted by molar-refractivity contribution is 5.81. The largest absolute Gasteiger partial charge is 0.481 e. The molecule has 1 aromatic heterocycles. The molecule has 1 heterocycles. The third kappa shape index (κ3) is 1.62. The van der Waals surface area contributed by atoms with Crippen LogP contribution in [0.4, 0.5) is 0 Å². The van der Waals surface area contributed by atoms with Crippen molar-refractivity contribution >= 4 is 5.78 Å². The second kappa shape index (κ2) is 3.78. The van der Waals surface area contributed by atoms with E-state index >= 15 is 0 Å². The second-order valence-corrected chi connectivity index (χ2v) is 3.58. The molecule has 0 spiro atoms. The summed E-state index contributed by atoms with van der Waals surface area (Å²) < 4.78 is 5.17. The molecule has 3 nitrogen and oxygen atoms in total. The number of aromatic nitrogens is 1. The maximum absolute atomic E-state index is 11.2. The Balaban J connectivity index is 2.27. The van der Waals surface area contributed by atoms with Gasteiger partial charge in [-0.25, -0.2) is 4.98 Å². The third-order valence-electron chi connectivity index (χ3n) is 2.68. The number of methoxy groups -OCH3 is 1. The number of Topliss-reactive ketones (excluding diaryl/α,β-unsaturated/α-hetero) is 1. The molecule has 1 saturated carbocycles. The number of ether oxygens (including phenoxy) is 1. The quantitative estimate of drug-likeness (QED) is 0.717. The lowest BCUT2D eigenvalue weighted by atomic mass is 9.99. The normalized spacial score (nSPS) is 21.2. The summed E-state index contributed by atoms with van der Waals surface area (Å²) in [6.07, 6.45) is 3.98. The van der Waals surface area contributed by atoms with Crippen molar-refractivity contribution in [3.8, 4) is 5.88 Å². The second-order valence-electron chi connectivity index (χ2n) is 3.58. The molecule has 0 saturated heterocycles. The Bertz CT molecular complexity index is 349. The lowest BCUT2D eigenvalue weighted by molar-refractivity contribution is -0.117. The lowest BCUT2D eigenvalue weighted by Gasteiger charge is -2.11. The minimum Gasteiger partial charge on any atom is -0.481 e. The predicted molar refractivity (Wildman–Crippen MR) is 52.4 cm³/mol. The van der Waals surface area contributed by atoms with Crippen LogP contribution in [0.5, 0.6) is 5.88 Å². The molecule has 0 amide bonds. The van der Waals surface area contributed by atoms with Gasteiger partial charge in [0.2, 0.25) is 5.88 Å². The van der Waals surface area contributed by atoms with Gasteiger partial charge < -0.3 is 4.74 Å². The first-order valence-corrected chi connectivity index (χ1v) is 4.82. The Morgan fingerprint density at radius 1 is 1.57 bits per heavy atom. The van der Waals surface area contributed by atoms with Crippen LogP contribution in [0.1, 0.15) is 30.7 Å². The van der Waals surface area contributed by atoms with E-state index < -0.39 is 0 Å². The van der Waals surface area contributed by atoms with Crippen LogP contribution >= 0.6 is 0 Å². The molecule has 74 valence electrons. The first-order chi connectivity index (χ1) is 6.81. The maximum atomic E-state index is 11.2. The van der Waals surface area contributed by atoms with Crippen LogP contribution in [-0.2, 0) is 4.79 Å². The Morgan fingerprint density at radius 3 is 3.07 bits per heavy atom. The van der Waals surface area contributed by atoms with Gasteiger partial charge in [-0.3, -0.25) is 4.79 Å². The maximum Gasteiger partial charge on any atom is 0.216 e. The molecular weight excluding hydrogens is 178 g/mol. The minimum absolute atomic E-state index is 0.311. The van der Waals surface area contributed by atoms with Gasteiger partial charge in [-0.2, -0.15) is 0 Å². The Kier molecular flexibility index (Phi) is 2.48. The molecule has 14 heavy (non-hydrogen) atoms. The zero-order valence-electron chi connectivity index (χ0n) is 8.19. The van der Waals surface area contributed by atoms with Crippen molar-refractivity contribution in [3.05, 3.63) is 23.9 Å². The van der Waals surface area contributed by atoms with E-state index in [4.69, 9.17) is 4.74 Å². The third-order valence-corrected chi connectivity index (χ3v) is 2.68. The van der Waals surface area contributed by atoms with Crippen molar-refractivity contribution < 1.29 is 9.53 Å². The van der Waals surface area contributed by atoms with E-state index in [0.717, 1.165) is 12.0 Å². The first kappa shape index (κ1) is 9.19. The lowest BCUT2D eigenvalue weighted by Crippen LogP contribution is -1.99. The molecule has 0 bridgehead atoms. The fourth-order valence-corrected chi connectivity index (χ4v) is 1.96. The molecule has 0 aromatic carbocycles. The smallest absolute Gasteiger partial charge is 0.216 e. The van der Waals surface area contributed by atoms with Gasteiger partial charge in [-0.15, -0.1) is 0 Å². The molecule has 1 fully saturated rings. The van der Waals surface area contributed by atoms with Gasteiger partial charge in [-0.05, 0) is 18.4 Å². The topological polar surface area (TPSA) is 39.2 Å². The van der Waals surface area contributed by atoms with Gasteiger partial charge in [0.1, 0.15) is 5.78 Å². The van der Waals surface area contributed by atoms with E-state index in [2.05, 4.69) is 4.98 Å². The van der Waals surface area contributed by atoms with Crippen molar-refractivity contribution in [1.29, 1.82) is 0 Å². The SMILES string of the molecule is COc1ncccc1C1CCC(=O)C1. The number of pyridine rings is 1. The zero-order valence-corrected chi connectivity index (χ0v) is 8.19. The fourth-order valence-electron chi connectivity index (χ4n) is 1.96. The fraction of sp³-hybridized carbons (Fsp3) is 0.455. The zero-order chi connectivity index (χ0) is 9.97. The molecule has 3 heteroatoms. The number of rotatable bonds is 2. The van der Waals surface area contributed by atoms with Crippen LogP contribution in [0.3, 0.4) is 0 Å². The van der Waals surface area contributed by atoms with E-state index in [1.165, 1.54) is 0 Å². The number of carbonyl (C=O) groups is 1. The van der Waals surface area contributed by atoms with Gasteiger partial charge in [-0.1, -0.05) is 6.07 Å². The van der Waals surface area contributed by atoms with E-state index in [0.29, 0.717) is 30.4 Å². The molecular formula is C11H13NO2. The van der Waals surface area contributed by atoms with Crippen LogP contribution in [0.2, 0.25) is 0 Å². The number of hydrogen-bond donors (Lipinski definition) is 0. The summed E-state index contributed by atoms with van der Waals surface area (Å²) in [5.74, 6) is 1.32. The van der Waals surface area contributed by atoms with Crippen LogP contribution in [-0.4, -0.2) is 17.9 Å². The highest BCUT2D eigenvalue weighted by atomic mass is 16.5. The summed E-state index contributed by atoms with van der Waals surface area (Å²) in [7, 11) is 1.61. The van der Waals surface area contributed by atoms with E-state index in [-0.39, 0.29) is 0 Å². The highest BCUT2D eigenvalue weighted by Gasteiger charge is 2.26. The molecule has 0 N–H and O–H groups in total. The average molecular weight is 191 g/mol. The minimum atomic E-state index is 0.311. The highest BCUT2D eigenvalue weighted by Crippen LogP contribution is 2.35. The summed E-state index contributed by atoms with van der Waals surface area (Å²) in [4.78, 5) is 15.3. The van der Waals surface area contributed by atoms with Crippen LogP contribution in [0.25, 0.3) is 0 Å². The molecule has 0 aliphatic heterocycles. The molecule has 1 aliphatic rings. The predicted octanol–water partition coefficient (Wildman–Crippen LogP) is 1.93. The van der Waals surface area contributed by atoms with Crippen molar-refractivity contribution in [2.75, 3.05) is 7.11 Å². The van der Waals surface area contributed by atoms with E-state index in [9.17, 15) is 4.79 Å². The average Bonchev–Trinajstić information content (AvgIpc) is 2.65. The van der Waals surface area contributed by atoms with E-state index in [1.54, 1.807) is 13.3 Å². The molecule has 1 unspecified atom stereocenters. The summed E-state index contributed by atoms with van der Waals surface area (Å²) in [5, 5.41) is 0. The van der Waals surface area contributed by atoms with Crippen LogP contribution < -0.4 is 4.74 Å². The number of hydrogen-bond acceptors (Lipinski definition) is 3. The first-order valence-electron chi connectivity index (χ1n) is 4.82. The number of nitrogens with zero attached hydrogens (tertiary/aromatic N) is 1. The Morgan fingerprint density at radius 2 is 2.43 bits per heavy atom. The Labute approximate surface area is 83.1 Å². The molecule has 0 radical (unpaired) electrons. The number of carbonyl (C=O) groups excluding carboxylic acids is 1. The molecule has 1 aromatic rings.